The largest absolute Gasteiger partial charge is 0.212 e. The lowest BCUT2D eigenvalue weighted by molar-refractivity contribution is 0.587. The van der Waals surface area contributed by atoms with Crippen LogP contribution in [-0.2, 0) is 10.0 Å². The number of nitrogens with one attached hydrogen (secondary N) is 1. The Bertz CT molecular complexity index is 514. The molecule has 0 radical (unpaired) electrons. The minimum Gasteiger partial charge on any atom is -0.212 e. The van der Waals surface area contributed by atoms with E-state index in [9.17, 15) is 8.42 Å². The Kier molecular flexibility index (Phi) is 4.81. The van der Waals surface area contributed by atoms with E-state index in [1.165, 1.54) is 0 Å². The molecule has 0 fully saturated rings. The first-order chi connectivity index (χ1) is 7.53. The van der Waals surface area contributed by atoms with Crippen molar-refractivity contribution in [2.75, 3.05) is 12.3 Å². The van der Waals surface area contributed by atoms with Crippen LogP contribution in [0.2, 0.25) is 5.02 Å². The summed E-state index contributed by atoms with van der Waals surface area (Å²) in [6, 6.07) is 7.09. The SMILES string of the molecule is CCS(=O)(=O)NCC#Cc1cccc(Cl)c1. The van der Waals surface area contributed by atoms with Gasteiger partial charge in [0.15, 0.2) is 0 Å². The van der Waals surface area contributed by atoms with Crippen LogP contribution in [0.1, 0.15) is 12.5 Å². The van der Waals surface area contributed by atoms with Crippen molar-refractivity contribution in [3.63, 3.8) is 0 Å². The Morgan fingerprint density at radius 3 is 2.81 bits per heavy atom. The van der Waals surface area contributed by atoms with Crippen LogP contribution in [0.3, 0.4) is 0 Å². The van der Waals surface area contributed by atoms with Gasteiger partial charge in [-0.2, -0.15) is 0 Å². The Balaban J connectivity index is 2.57. The predicted molar refractivity (Wildman–Crippen MR) is 65.8 cm³/mol. The van der Waals surface area contributed by atoms with Gasteiger partial charge in [0.05, 0.1) is 12.3 Å². The monoisotopic (exact) mass is 257 g/mol. The maximum atomic E-state index is 11.1. The van der Waals surface area contributed by atoms with E-state index in [0.29, 0.717) is 5.02 Å². The Labute approximate surface area is 101 Å². The van der Waals surface area contributed by atoms with Gasteiger partial charge in [-0.15, -0.1) is 0 Å². The summed E-state index contributed by atoms with van der Waals surface area (Å²) in [6.07, 6.45) is 0. The summed E-state index contributed by atoms with van der Waals surface area (Å²) in [5, 5.41) is 0.612. The van der Waals surface area contributed by atoms with Crippen LogP contribution in [0.4, 0.5) is 0 Å². The number of halogens is 1. The van der Waals surface area contributed by atoms with E-state index < -0.39 is 10.0 Å². The molecule has 0 heterocycles. The lowest BCUT2D eigenvalue weighted by atomic mass is 10.2. The zero-order chi connectivity index (χ0) is 12.0. The molecule has 0 atom stereocenters. The topological polar surface area (TPSA) is 46.2 Å². The van der Waals surface area contributed by atoms with E-state index in [4.69, 9.17) is 11.6 Å². The van der Waals surface area contributed by atoms with Crippen LogP contribution >= 0.6 is 11.6 Å². The van der Waals surface area contributed by atoms with Gasteiger partial charge in [-0.3, -0.25) is 0 Å². The summed E-state index contributed by atoms with van der Waals surface area (Å²) >= 11 is 5.77. The molecule has 0 spiro atoms. The maximum Gasteiger partial charge on any atom is 0.212 e. The lowest BCUT2D eigenvalue weighted by Crippen LogP contribution is -2.25. The second-order valence-corrected chi connectivity index (χ2v) is 5.57. The molecule has 1 aromatic rings. The van der Waals surface area contributed by atoms with Gasteiger partial charge < -0.3 is 0 Å². The molecule has 0 aliphatic heterocycles. The quantitative estimate of drug-likeness (QED) is 0.837. The summed E-state index contributed by atoms with van der Waals surface area (Å²) in [4.78, 5) is 0. The van der Waals surface area contributed by atoms with Crippen LogP contribution in [0.25, 0.3) is 0 Å². The first kappa shape index (κ1) is 13.0. The van der Waals surface area contributed by atoms with Crippen LogP contribution in [0.5, 0.6) is 0 Å². The molecule has 0 amide bonds. The summed E-state index contributed by atoms with van der Waals surface area (Å²) in [5.41, 5.74) is 0.767. The third-order valence-corrected chi connectivity index (χ3v) is 3.40. The molecule has 1 aromatic carbocycles. The summed E-state index contributed by atoms with van der Waals surface area (Å²) in [7, 11) is -3.16. The van der Waals surface area contributed by atoms with Crippen molar-refractivity contribution in [3.8, 4) is 11.8 Å². The normalized spacial score (nSPS) is 10.6. The van der Waals surface area contributed by atoms with Crippen molar-refractivity contribution in [1.82, 2.24) is 4.72 Å². The molecule has 0 saturated carbocycles. The van der Waals surface area contributed by atoms with Gasteiger partial charge in [-0.1, -0.05) is 29.5 Å². The molecule has 0 aliphatic rings. The smallest absolute Gasteiger partial charge is 0.212 e. The van der Waals surface area contributed by atoms with Crippen molar-refractivity contribution in [2.24, 2.45) is 0 Å². The second kappa shape index (κ2) is 5.90. The maximum absolute atomic E-state index is 11.1. The highest BCUT2D eigenvalue weighted by atomic mass is 35.5. The highest BCUT2D eigenvalue weighted by Crippen LogP contribution is 2.09. The lowest BCUT2D eigenvalue weighted by Gasteiger charge is -1.97. The van der Waals surface area contributed by atoms with Gasteiger partial charge in [0, 0.05) is 10.6 Å². The summed E-state index contributed by atoms with van der Waals surface area (Å²) in [6.45, 7) is 1.69. The fourth-order valence-corrected chi connectivity index (χ4v) is 1.65. The fraction of sp³-hybridized carbons (Fsp3) is 0.273. The first-order valence-corrected chi connectivity index (χ1v) is 6.78. The predicted octanol–water partition coefficient (Wildman–Crippen LogP) is 1.63. The third kappa shape index (κ3) is 4.67. The van der Waals surface area contributed by atoms with Crippen molar-refractivity contribution in [3.05, 3.63) is 34.9 Å². The number of sulfonamides is 1. The van der Waals surface area contributed by atoms with Gasteiger partial charge in [0.25, 0.3) is 0 Å². The number of hydrogen-bond donors (Lipinski definition) is 1. The Morgan fingerprint density at radius 1 is 1.44 bits per heavy atom. The average Bonchev–Trinajstić information content (AvgIpc) is 2.25. The van der Waals surface area contributed by atoms with Crippen LogP contribution in [0, 0.1) is 11.8 Å². The van der Waals surface area contributed by atoms with Gasteiger partial charge in [0.2, 0.25) is 10.0 Å². The van der Waals surface area contributed by atoms with Crippen molar-refractivity contribution in [1.29, 1.82) is 0 Å². The van der Waals surface area contributed by atoms with E-state index in [-0.39, 0.29) is 12.3 Å². The Morgan fingerprint density at radius 2 is 2.19 bits per heavy atom. The van der Waals surface area contributed by atoms with Crippen LogP contribution in [0.15, 0.2) is 24.3 Å². The summed E-state index contributed by atoms with van der Waals surface area (Å²) in [5.74, 6) is 5.60. The molecule has 1 N–H and O–H groups in total. The molecule has 0 unspecified atom stereocenters. The highest BCUT2D eigenvalue weighted by molar-refractivity contribution is 7.89. The molecule has 1 rings (SSSR count). The zero-order valence-electron chi connectivity index (χ0n) is 8.83. The standard InChI is InChI=1S/C11H12ClNO2S/c1-2-16(14,15)13-8-4-6-10-5-3-7-11(12)9-10/h3,5,7,9,13H,2,8H2,1H3. The molecular formula is C11H12ClNO2S. The minimum atomic E-state index is -3.16. The molecule has 0 saturated heterocycles. The van der Waals surface area contributed by atoms with Crippen LogP contribution < -0.4 is 4.72 Å². The molecule has 0 bridgehead atoms. The zero-order valence-corrected chi connectivity index (χ0v) is 10.4. The summed E-state index contributed by atoms with van der Waals surface area (Å²) < 4.78 is 24.5. The van der Waals surface area contributed by atoms with Gasteiger partial charge in [-0.05, 0) is 25.1 Å². The van der Waals surface area contributed by atoms with Crippen molar-refractivity contribution < 1.29 is 8.42 Å². The van der Waals surface area contributed by atoms with E-state index in [0.717, 1.165) is 5.56 Å². The number of rotatable bonds is 3. The second-order valence-electron chi connectivity index (χ2n) is 3.04. The highest BCUT2D eigenvalue weighted by Gasteiger charge is 2.02. The van der Waals surface area contributed by atoms with E-state index in [1.807, 2.05) is 6.07 Å². The van der Waals surface area contributed by atoms with E-state index >= 15 is 0 Å². The first-order valence-electron chi connectivity index (χ1n) is 4.75. The average molecular weight is 258 g/mol. The van der Waals surface area contributed by atoms with Crippen LogP contribution in [-0.4, -0.2) is 20.7 Å². The fourth-order valence-electron chi connectivity index (χ4n) is 0.961. The van der Waals surface area contributed by atoms with Gasteiger partial charge in [-0.25, -0.2) is 13.1 Å². The van der Waals surface area contributed by atoms with Crippen molar-refractivity contribution >= 4 is 21.6 Å². The molecule has 0 aliphatic carbocycles. The molecule has 16 heavy (non-hydrogen) atoms. The molecule has 5 heteroatoms. The molecular weight excluding hydrogens is 246 g/mol. The van der Waals surface area contributed by atoms with E-state index in [1.54, 1.807) is 25.1 Å². The molecule has 0 aromatic heterocycles. The Hall–Kier alpha value is -1.02. The number of hydrogen-bond acceptors (Lipinski definition) is 2. The third-order valence-electron chi connectivity index (χ3n) is 1.82. The van der Waals surface area contributed by atoms with Gasteiger partial charge in [0.1, 0.15) is 0 Å². The minimum absolute atomic E-state index is 0.0614. The number of benzene rings is 1. The van der Waals surface area contributed by atoms with Gasteiger partial charge >= 0.3 is 0 Å². The molecule has 3 nitrogen and oxygen atoms in total. The van der Waals surface area contributed by atoms with E-state index in [2.05, 4.69) is 16.6 Å². The van der Waals surface area contributed by atoms with Crippen molar-refractivity contribution in [2.45, 2.75) is 6.92 Å². The molecule has 86 valence electrons.